The average molecular weight is 116 g/mol. The molecule has 0 atom stereocenters. The van der Waals surface area contributed by atoms with Crippen LogP contribution in [0.4, 0.5) is 0 Å². The lowest BCUT2D eigenvalue weighted by Crippen LogP contribution is -0.482. The van der Waals surface area contributed by atoms with Crippen molar-refractivity contribution >= 4 is 0 Å². The third-order valence-corrected chi connectivity index (χ3v) is 0. The van der Waals surface area contributed by atoms with Crippen molar-refractivity contribution in [2.24, 2.45) is 0 Å². The van der Waals surface area contributed by atoms with Crippen molar-refractivity contribution in [3.8, 4) is 0 Å². The van der Waals surface area contributed by atoms with Crippen LogP contribution in [0.15, 0.2) is 0 Å². The largest absolute Gasteiger partial charge is 0.344 e. The zero-order valence-corrected chi connectivity index (χ0v) is 1.15. The summed E-state index contributed by atoms with van der Waals surface area (Å²) in [5, 5.41) is 0. The van der Waals surface area contributed by atoms with Crippen LogP contribution in [0.2, 0.25) is 2.82 Å². The average Bonchev–Trinajstić information content (AvgIpc) is 1.50. The van der Waals surface area contributed by atoms with Gasteiger partial charge in [0.15, 0.2) is 0 Å². The Balaban J connectivity index is -0.00000000114. The van der Waals surface area contributed by atoms with Gasteiger partial charge in [-0.15, -0.1) is 0 Å². The molecule has 0 saturated carbocycles. The molecule has 0 spiro atoms. The number of hydrogen-bond acceptors (Lipinski definition) is 2. The normalized spacial score (nSPS) is 2.00. The van der Waals surface area contributed by atoms with E-state index in [4.69, 9.17) is 2.82 Å². The maximum Gasteiger partial charge on any atom is 0.115 e. The van der Waals surface area contributed by atoms with E-state index in [1.165, 1.54) is 0 Å². The molecular weight excluding hydrogens is 88.1 g/mol. The Labute approximate surface area is 53.4 Å². The van der Waals surface area contributed by atoms with E-state index in [9.17, 15) is 0 Å². The Morgan fingerprint density at radius 2 is 0.571 bits per heavy atom. The molecule has 0 bridgehead atoms. The lowest BCUT2D eigenvalue weighted by molar-refractivity contribution is 2.13. The summed E-state index contributed by atoms with van der Waals surface area (Å²) in [6.07, 6.45) is 7.50. The van der Waals surface area contributed by atoms with E-state index in [0.29, 0.717) is 0 Å². The molecule has 0 aliphatic heterocycles. The van der Waals surface area contributed by atoms with Crippen LogP contribution in [-0.4, -0.2) is 0 Å². The zero-order chi connectivity index (χ0) is 4.00. The monoisotopic (exact) mass is 116 g/mol. The highest BCUT2D eigenvalue weighted by molar-refractivity contribution is 2.51. The van der Waals surface area contributed by atoms with Gasteiger partial charge in [-0.25, -0.2) is 0 Å². The quantitative estimate of drug-likeness (QED) is 0.508. The molecule has 0 aliphatic carbocycles. The second kappa shape index (κ2) is 22400. The van der Waals surface area contributed by atoms with Crippen LogP contribution in [0.1, 0.15) is 37.1 Å². The molecular formula is C5H26N2. The van der Waals surface area contributed by atoms with Crippen LogP contribution < -0.4 is 12.3 Å². The first kappa shape index (κ1) is 65.8. The first-order valence-electron chi connectivity index (χ1n) is 1.15. The predicted octanol–water partition coefficient (Wildman–Crippen LogP) is 3.50. The highest BCUT2D eigenvalue weighted by Gasteiger charge is -0.0735. The molecule has 0 aromatic carbocycles. The summed E-state index contributed by atoms with van der Waals surface area (Å²) < 4.78 is 10.5. The third kappa shape index (κ3) is 14200. The van der Waals surface area contributed by atoms with Gasteiger partial charge >= 0.3 is 0 Å². The molecule has 6 N–H and O–H groups in total. The number of rotatable bonds is 0. The highest BCUT2D eigenvalue weighted by Crippen LogP contribution is 0.148. The van der Waals surface area contributed by atoms with Gasteiger partial charge in [0, 0.05) is 0 Å². The van der Waals surface area contributed by atoms with Crippen LogP contribution in [0.3, 0.4) is 0 Å². The fraction of sp³-hybridized carbons (Fsp3) is 1.00. The molecule has 56 valence electrons. The fourth-order valence-corrected chi connectivity index (χ4v) is 0. The lowest BCUT2D eigenvalue weighted by atomic mass is 12.0. The second-order valence-corrected chi connectivity index (χ2v) is 0. The smallest absolute Gasteiger partial charge is 0.115 e. The maximum absolute atomic E-state index is 5.25. The molecule has 0 aromatic rings. The van der Waals surface area contributed by atoms with Crippen molar-refractivity contribution in [1.82, 2.24) is 12.3 Å². The van der Waals surface area contributed by atoms with Gasteiger partial charge < -0.3 is 12.3 Å². The van der Waals surface area contributed by atoms with Crippen molar-refractivity contribution < 1.29 is 2.82 Å². The zero-order valence-electron chi connectivity index (χ0n) is 3.15. The first-order valence-corrected chi connectivity index (χ1v) is 0. The molecule has 0 saturated heterocycles. The van der Waals surface area contributed by atoms with Gasteiger partial charge in [-0.1, -0.05) is 37.1 Å². The van der Waals surface area contributed by atoms with Crippen LogP contribution in [-0.2, 0) is 0 Å². The van der Waals surface area contributed by atoms with Crippen LogP contribution in [0.5, 0.6) is 0 Å². The summed E-state index contributed by atoms with van der Waals surface area (Å²) in [5.41, 5.74) is 0. The molecule has 0 radical (unpaired) electrons. The molecule has 0 rings (SSSR count). The van der Waals surface area contributed by atoms with Crippen LogP contribution in [0, 0.1) is 0 Å². The lowest BCUT2D eigenvalue weighted by Gasteiger charge is -0.345. The van der Waals surface area contributed by atoms with Gasteiger partial charge in [-0.2, -0.15) is 0 Å². The number of hydrogen-bond donors (Lipinski definition) is 2. The molecule has 0 amide bonds. The Morgan fingerprint density at radius 1 is 0.571 bits per heavy atom. The van der Waals surface area contributed by atoms with Crippen molar-refractivity contribution in [2.45, 2.75) is 37.1 Å². The Morgan fingerprint density at radius 3 is 0.571 bits per heavy atom. The SMILES string of the molecule is C.C.C.C.C.[2H]N.[2H]N. The van der Waals surface area contributed by atoms with E-state index in [1.807, 2.05) is 0 Å². The van der Waals surface area contributed by atoms with E-state index in [2.05, 4.69) is 12.3 Å². The summed E-state index contributed by atoms with van der Waals surface area (Å²) >= 11 is 0. The molecule has 0 aromatic heterocycles. The van der Waals surface area contributed by atoms with E-state index in [1.54, 1.807) is 0 Å². The van der Waals surface area contributed by atoms with Gasteiger partial charge in [0.05, 0.1) is 0 Å². The van der Waals surface area contributed by atoms with Gasteiger partial charge in [0.2, 0.25) is 0 Å². The third-order valence-electron chi connectivity index (χ3n) is 0. The molecule has 2 heteroatoms. The minimum atomic E-state index is 0. The van der Waals surface area contributed by atoms with Gasteiger partial charge in [0.25, 0.3) is 0 Å². The van der Waals surface area contributed by atoms with Crippen LogP contribution in [0.25, 0.3) is 0 Å². The van der Waals surface area contributed by atoms with E-state index >= 15 is 0 Å². The highest BCUT2D eigenvalue weighted by atomic mass is 14.0. The van der Waals surface area contributed by atoms with Gasteiger partial charge in [-0.05, 0) is 0 Å². The van der Waals surface area contributed by atoms with Crippen molar-refractivity contribution in [3.63, 3.8) is 0 Å². The Kier molecular flexibility index (Phi) is 210000. The topological polar surface area (TPSA) is 70.0 Å². The Hall–Kier alpha value is -0.0800. The molecule has 0 unspecified atom stereocenters. The summed E-state index contributed by atoms with van der Waals surface area (Å²) in [5.74, 6) is 0. The van der Waals surface area contributed by atoms with Crippen molar-refractivity contribution in [1.29, 1.82) is 0 Å². The van der Waals surface area contributed by atoms with Crippen molar-refractivity contribution in [3.05, 3.63) is 0 Å². The molecule has 7 heavy (non-hydrogen) atoms. The molecule has 2 nitrogen and oxygen atoms in total. The van der Waals surface area contributed by atoms with E-state index in [0.717, 1.165) is 0 Å². The second-order valence-electron chi connectivity index (χ2n) is 0. The molecule has 0 heterocycles. The maximum atomic E-state index is 5.25. The van der Waals surface area contributed by atoms with E-state index in [-0.39, 0.29) is 37.1 Å². The Bertz CT molecular complexity index is 12.9. The minimum Gasteiger partial charge on any atom is -0.344 e. The van der Waals surface area contributed by atoms with E-state index < -0.39 is 0 Å². The fourth-order valence-electron chi connectivity index (χ4n) is 0. The van der Waals surface area contributed by atoms with Gasteiger partial charge in [-0.3, -0.25) is 0 Å². The van der Waals surface area contributed by atoms with Crippen LogP contribution >= 0.6 is 0 Å². The van der Waals surface area contributed by atoms with Crippen molar-refractivity contribution in [2.75, 3.05) is 0 Å². The minimum absolute atomic E-state index is 0. The summed E-state index contributed by atoms with van der Waals surface area (Å²) in [4.78, 5) is 0. The standard InChI is InChI=1S/5CH4.2H3N/h5*1H4;2*1H3/i/hD2. The first-order chi connectivity index (χ1) is 2.00. The summed E-state index contributed by atoms with van der Waals surface area (Å²) in [7, 11) is 0. The molecule has 0 aliphatic rings. The van der Waals surface area contributed by atoms with Gasteiger partial charge in [0.1, 0.15) is 2.82 Å². The molecule has 0 fully saturated rings. The summed E-state index contributed by atoms with van der Waals surface area (Å²) in [6, 6.07) is 0. The predicted molar refractivity (Wildman–Crippen MR) is 43.7 cm³/mol. The summed E-state index contributed by atoms with van der Waals surface area (Å²) in [6.45, 7) is 0.